The van der Waals surface area contributed by atoms with Crippen molar-refractivity contribution in [3.8, 4) is 5.75 Å². The summed E-state index contributed by atoms with van der Waals surface area (Å²) in [5.41, 5.74) is -0.276. The van der Waals surface area contributed by atoms with Crippen molar-refractivity contribution in [1.82, 2.24) is 10.2 Å². The molecule has 1 unspecified atom stereocenters. The molecule has 0 bridgehead atoms. The van der Waals surface area contributed by atoms with Gasteiger partial charge in [-0.3, -0.25) is 4.79 Å². The summed E-state index contributed by atoms with van der Waals surface area (Å²) in [6, 6.07) is 1.35. The fraction of sp³-hybridized carbons (Fsp3) is 0.500. The van der Waals surface area contributed by atoms with Crippen molar-refractivity contribution in [3.63, 3.8) is 0 Å². The molecule has 5 heteroatoms. The highest BCUT2D eigenvalue weighted by Crippen LogP contribution is 2.05. The molecule has 0 aromatic carbocycles. The molecule has 0 spiro atoms. The summed E-state index contributed by atoms with van der Waals surface area (Å²) in [5.74, 6) is 0.452. The highest BCUT2D eigenvalue weighted by molar-refractivity contribution is 5.13. The third kappa shape index (κ3) is 3.25. The Hall–Kier alpha value is -1.36. The standard InChI is InChI=1S/C8H12N2O3/c1-6(5-12-2)13-7-3-8(11)10-9-4-7/h3-4,6H,5H2,1-2H3,(H,10,11). The van der Waals surface area contributed by atoms with E-state index in [1.165, 1.54) is 12.3 Å². The number of aromatic nitrogens is 2. The lowest BCUT2D eigenvalue weighted by Crippen LogP contribution is -2.19. The van der Waals surface area contributed by atoms with Gasteiger partial charge in [0.1, 0.15) is 11.9 Å². The van der Waals surface area contributed by atoms with Crippen LogP contribution < -0.4 is 10.3 Å². The summed E-state index contributed by atoms with van der Waals surface area (Å²) >= 11 is 0. The largest absolute Gasteiger partial charge is 0.486 e. The maximum absolute atomic E-state index is 10.8. The minimum Gasteiger partial charge on any atom is -0.486 e. The van der Waals surface area contributed by atoms with E-state index in [4.69, 9.17) is 9.47 Å². The van der Waals surface area contributed by atoms with Crippen molar-refractivity contribution in [3.05, 3.63) is 22.6 Å². The number of rotatable bonds is 4. The molecule has 72 valence electrons. The Kier molecular flexibility index (Phi) is 3.45. The Morgan fingerprint density at radius 2 is 2.46 bits per heavy atom. The third-order valence-corrected chi connectivity index (χ3v) is 1.38. The van der Waals surface area contributed by atoms with Crippen LogP contribution in [0.25, 0.3) is 0 Å². The molecule has 0 aliphatic carbocycles. The quantitative estimate of drug-likeness (QED) is 0.725. The first-order valence-corrected chi connectivity index (χ1v) is 3.92. The monoisotopic (exact) mass is 184 g/mol. The molecule has 1 rings (SSSR count). The van der Waals surface area contributed by atoms with E-state index in [0.29, 0.717) is 12.4 Å². The van der Waals surface area contributed by atoms with Gasteiger partial charge in [-0.15, -0.1) is 0 Å². The van der Waals surface area contributed by atoms with Gasteiger partial charge in [-0.1, -0.05) is 0 Å². The lowest BCUT2D eigenvalue weighted by Gasteiger charge is -2.12. The number of ether oxygens (including phenoxy) is 2. The van der Waals surface area contributed by atoms with Crippen LogP contribution in [0.5, 0.6) is 5.75 Å². The van der Waals surface area contributed by atoms with Crippen LogP contribution in [0.4, 0.5) is 0 Å². The Morgan fingerprint density at radius 3 is 3.08 bits per heavy atom. The second-order valence-electron chi connectivity index (χ2n) is 2.66. The van der Waals surface area contributed by atoms with Crippen molar-refractivity contribution in [2.75, 3.05) is 13.7 Å². The molecule has 1 N–H and O–H groups in total. The number of aromatic amines is 1. The maximum atomic E-state index is 10.8. The summed E-state index contributed by atoms with van der Waals surface area (Å²) in [6.07, 6.45) is 1.36. The van der Waals surface area contributed by atoms with Gasteiger partial charge in [0.15, 0.2) is 0 Å². The zero-order valence-corrected chi connectivity index (χ0v) is 7.61. The van der Waals surface area contributed by atoms with E-state index in [1.54, 1.807) is 7.11 Å². The molecule has 1 aromatic heterocycles. The Bertz CT molecular complexity index is 310. The van der Waals surface area contributed by atoms with Gasteiger partial charge < -0.3 is 9.47 Å². The van der Waals surface area contributed by atoms with E-state index < -0.39 is 0 Å². The lowest BCUT2D eigenvalue weighted by molar-refractivity contribution is 0.0916. The number of hydrogen-bond acceptors (Lipinski definition) is 4. The molecule has 1 aromatic rings. The van der Waals surface area contributed by atoms with Gasteiger partial charge in [-0.25, -0.2) is 5.10 Å². The number of methoxy groups -OCH3 is 1. The molecule has 1 heterocycles. The van der Waals surface area contributed by atoms with Crippen LogP contribution in [0, 0.1) is 0 Å². The average Bonchev–Trinajstić information content (AvgIpc) is 2.04. The van der Waals surface area contributed by atoms with Gasteiger partial charge in [0.2, 0.25) is 0 Å². The Labute approximate surface area is 75.7 Å². The highest BCUT2D eigenvalue weighted by Gasteiger charge is 2.03. The minimum absolute atomic E-state index is 0.0893. The minimum atomic E-state index is -0.276. The first kappa shape index (κ1) is 9.73. The van der Waals surface area contributed by atoms with Gasteiger partial charge in [0.05, 0.1) is 12.8 Å². The predicted octanol–water partition coefficient (Wildman–Crippen LogP) is 0.184. The molecule has 0 saturated carbocycles. The van der Waals surface area contributed by atoms with E-state index in [2.05, 4.69) is 10.2 Å². The van der Waals surface area contributed by atoms with Gasteiger partial charge in [-0.2, -0.15) is 5.10 Å². The molecule has 0 aliphatic rings. The van der Waals surface area contributed by atoms with E-state index in [0.717, 1.165) is 0 Å². The molecule has 0 amide bonds. The van der Waals surface area contributed by atoms with Crippen LogP contribution in [0.15, 0.2) is 17.1 Å². The van der Waals surface area contributed by atoms with Crippen LogP contribution in [-0.2, 0) is 4.74 Å². The number of H-pyrrole nitrogens is 1. The summed E-state index contributed by atoms with van der Waals surface area (Å²) in [4.78, 5) is 10.8. The van der Waals surface area contributed by atoms with Crippen LogP contribution in [0.2, 0.25) is 0 Å². The molecular formula is C8H12N2O3. The molecular weight excluding hydrogens is 172 g/mol. The van der Waals surface area contributed by atoms with E-state index >= 15 is 0 Å². The van der Waals surface area contributed by atoms with Crippen LogP contribution in [0.1, 0.15) is 6.92 Å². The van der Waals surface area contributed by atoms with Gasteiger partial charge >= 0.3 is 0 Å². The smallest absolute Gasteiger partial charge is 0.267 e. The summed E-state index contributed by atoms with van der Waals surface area (Å²) in [7, 11) is 1.59. The molecule has 13 heavy (non-hydrogen) atoms. The molecule has 0 fully saturated rings. The molecule has 1 atom stereocenters. The normalized spacial score (nSPS) is 12.5. The van der Waals surface area contributed by atoms with Crippen LogP contribution in [0.3, 0.4) is 0 Å². The highest BCUT2D eigenvalue weighted by atomic mass is 16.5. The molecule has 0 radical (unpaired) electrons. The second kappa shape index (κ2) is 4.61. The van der Waals surface area contributed by atoms with Crippen LogP contribution >= 0.6 is 0 Å². The van der Waals surface area contributed by atoms with Crippen molar-refractivity contribution in [2.45, 2.75) is 13.0 Å². The Morgan fingerprint density at radius 1 is 1.69 bits per heavy atom. The first-order valence-electron chi connectivity index (χ1n) is 3.92. The van der Waals surface area contributed by atoms with Gasteiger partial charge in [0.25, 0.3) is 5.56 Å². The van der Waals surface area contributed by atoms with Crippen molar-refractivity contribution < 1.29 is 9.47 Å². The van der Waals surface area contributed by atoms with E-state index in [1.807, 2.05) is 6.92 Å². The van der Waals surface area contributed by atoms with Crippen LogP contribution in [-0.4, -0.2) is 30.0 Å². The van der Waals surface area contributed by atoms with Gasteiger partial charge in [-0.05, 0) is 6.92 Å². The summed E-state index contributed by atoms with van der Waals surface area (Å²) in [6.45, 7) is 2.33. The van der Waals surface area contributed by atoms with Gasteiger partial charge in [0, 0.05) is 13.2 Å². The summed E-state index contributed by atoms with van der Waals surface area (Å²) < 4.78 is 10.2. The number of hydrogen-bond donors (Lipinski definition) is 1. The fourth-order valence-electron chi connectivity index (χ4n) is 0.924. The first-order chi connectivity index (χ1) is 6.22. The molecule has 5 nitrogen and oxygen atoms in total. The van der Waals surface area contributed by atoms with E-state index in [9.17, 15) is 4.79 Å². The fourth-order valence-corrected chi connectivity index (χ4v) is 0.924. The number of nitrogens with zero attached hydrogens (tertiary/aromatic N) is 1. The molecule has 0 saturated heterocycles. The Balaban J connectivity index is 2.58. The van der Waals surface area contributed by atoms with Crippen molar-refractivity contribution >= 4 is 0 Å². The average molecular weight is 184 g/mol. The SMILES string of the molecule is COCC(C)Oc1cn[nH]c(=O)c1. The number of nitrogens with one attached hydrogen (secondary N) is 1. The topological polar surface area (TPSA) is 64.2 Å². The third-order valence-electron chi connectivity index (χ3n) is 1.38. The predicted molar refractivity (Wildman–Crippen MR) is 46.8 cm³/mol. The molecule has 0 aliphatic heterocycles. The van der Waals surface area contributed by atoms with Crippen molar-refractivity contribution in [1.29, 1.82) is 0 Å². The van der Waals surface area contributed by atoms with E-state index in [-0.39, 0.29) is 11.7 Å². The summed E-state index contributed by atoms with van der Waals surface area (Å²) in [5, 5.41) is 5.85. The maximum Gasteiger partial charge on any atom is 0.267 e. The lowest BCUT2D eigenvalue weighted by atomic mass is 10.4. The zero-order valence-electron chi connectivity index (χ0n) is 7.61. The van der Waals surface area contributed by atoms with Crippen molar-refractivity contribution in [2.24, 2.45) is 0 Å². The zero-order chi connectivity index (χ0) is 9.68. The second-order valence-corrected chi connectivity index (χ2v) is 2.66.